The molecule has 5 heteroatoms. The molecule has 0 aliphatic heterocycles. The highest BCUT2D eigenvalue weighted by Crippen LogP contribution is 2.41. The molecule has 2 N–H and O–H groups in total. The molecule has 1 fully saturated rings. The fourth-order valence-electron chi connectivity index (χ4n) is 3.30. The minimum absolute atomic E-state index is 0.213. The van der Waals surface area contributed by atoms with Crippen molar-refractivity contribution >= 4 is 0 Å². The summed E-state index contributed by atoms with van der Waals surface area (Å²) < 4.78 is 7.90. The highest BCUT2D eigenvalue weighted by atomic mass is 16.5. The lowest BCUT2D eigenvalue weighted by Gasteiger charge is -2.34. The Morgan fingerprint density at radius 3 is 2.67 bits per heavy atom. The molecule has 1 aliphatic rings. The van der Waals surface area contributed by atoms with Gasteiger partial charge in [-0.05, 0) is 31.9 Å². The van der Waals surface area contributed by atoms with Crippen LogP contribution in [0, 0.1) is 0 Å². The molecule has 1 aromatic carbocycles. The lowest BCUT2D eigenvalue weighted by atomic mass is 9.90. The summed E-state index contributed by atoms with van der Waals surface area (Å²) in [6, 6.07) is 9.76. The van der Waals surface area contributed by atoms with Gasteiger partial charge in [-0.25, -0.2) is 4.68 Å². The van der Waals surface area contributed by atoms with Gasteiger partial charge in [-0.2, -0.15) is 0 Å². The first-order chi connectivity index (χ1) is 10.3. The molecule has 1 atom stereocenters. The van der Waals surface area contributed by atoms with E-state index in [1.807, 2.05) is 41.9 Å². The van der Waals surface area contributed by atoms with Crippen LogP contribution in [0.4, 0.5) is 0 Å². The number of nitrogens with zero attached hydrogens (tertiary/aromatic N) is 3. The van der Waals surface area contributed by atoms with Crippen LogP contribution in [0.25, 0.3) is 5.69 Å². The van der Waals surface area contributed by atoms with Crippen molar-refractivity contribution in [3.05, 3.63) is 42.2 Å². The Balaban J connectivity index is 1.95. The quantitative estimate of drug-likeness (QED) is 0.917. The summed E-state index contributed by atoms with van der Waals surface area (Å²) in [7, 11) is 0. The van der Waals surface area contributed by atoms with Crippen LogP contribution in [0.5, 0.6) is 0 Å². The average Bonchev–Trinajstić information content (AvgIpc) is 3.17. The van der Waals surface area contributed by atoms with Gasteiger partial charge in [0.15, 0.2) is 0 Å². The highest BCUT2D eigenvalue weighted by Gasteiger charge is 2.42. The van der Waals surface area contributed by atoms with Crippen LogP contribution >= 0.6 is 0 Å². The summed E-state index contributed by atoms with van der Waals surface area (Å²) in [6.45, 7) is 2.71. The van der Waals surface area contributed by atoms with E-state index in [1.54, 1.807) is 6.20 Å². The van der Waals surface area contributed by atoms with Gasteiger partial charge in [0.25, 0.3) is 0 Å². The largest absolute Gasteiger partial charge is 0.373 e. The zero-order valence-corrected chi connectivity index (χ0v) is 12.4. The minimum Gasteiger partial charge on any atom is -0.373 e. The summed E-state index contributed by atoms with van der Waals surface area (Å²) in [5, 5.41) is 8.26. The van der Waals surface area contributed by atoms with Crippen LogP contribution in [0.15, 0.2) is 36.5 Å². The van der Waals surface area contributed by atoms with Crippen molar-refractivity contribution in [1.29, 1.82) is 0 Å². The van der Waals surface area contributed by atoms with E-state index in [0.717, 1.165) is 24.2 Å². The van der Waals surface area contributed by atoms with Crippen LogP contribution < -0.4 is 5.73 Å². The Morgan fingerprint density at radius 1 is 1.29 bits per heavy atom. The van der Waals surface area contributed by atoms with Crippen molar-refractivity contribution in [3.63, 3.8) is 0 Å². The first kappa shape index (κ1) is 14.2. The molecule has 5 nitrogen and oxygen atoms in total. The van der Waals surface area contributed by atoms with Gasteiger partial charge >= 0.3 is 0 Å². The summed E-state index contributed by atoms with van der Waals surface area (Å²) in [5.74, 6) is 0. The number of hydrogen-bond donors (Lipinski definition) is 1. The van der Waals surface area contributed by atoms with E-state index in [-0.39, 0.29) is 11.6 Å². The second kappa shape index (κ2) is 5.95. The van der Waals surface area contributed by atoms with Crippen LogP contribution in [0.2, 0.25) is 0 Å². The van der Waals surface area contributed by atoms with Gasteiger partial charge in [-0.1, -0.05) is 36.3 Å². The molecule has 112 valence electrons. The van der Waals surface area contributed by atoms with Gasteiger partial charge in [0.05, 0.1) is 29.2 Å². The van der Waals surface area contributed by atoms with Crippen LogP contribution in [-0.2, 0) is 4.74 Å². The smallest absolute Gasteiger partial charge is 0.0890 e. The molecule has 0 spiro atoms. The lowest BCUT2D eigenvalue weighted by Crippen LogP contribution is -2.42. The van der Waals surface area contributed by atoms with Crippen molar-refractivity contribution in [1.82, 2.24) is 15.0 Å². The molecule has 1 aromatic heterocycles. The third-order valence-corrected chi connectivity index (χ3v) is 4.34. The fourth-order valence-corrected chi connectivity index (χ4v) is 3.30. The van der Waals surface area contributed by atoms with Crippen LogP contribution in [0.3, 0.4) is 0 Å². The van der Waals surface area contributed by atoms with Crippen molar-refractivity contribution < 1.29 is 4.74 Å². The van der Waals surface area contributed by atoms with Crippen molar-refractivity contribution in [3.8, 4) is 5.69 Å². The molecule has 1 heterocycles. The molecule has 3 rings (SSSR count). The van der Waals surface area contributed by atoms with Gasteiger partial charge in [0.1, 0.15) is 0 Å². The van der Waals surface area contributed by atoms with E-state index in [9.17, 15) is 0 Å². The number of para-hydroxylation sites is 1. The molecular weight excluding hydrogens is 264 g/mol. The summed E-state index contributed by atoms with van der Waals surface area (Å²) in [4.78, 5) is 0. The number of nitrogens with two attached hydrogens (primary N) is 1. The fraction of sp³-hybridized carbons (Fsp3) is 0.500. The zero-order chi connectivity index (χ0) is 14.7. The third-order valence-electron chi connectivity index (χ3n) is 4.34. The van der Waals surface area contributed by atoms with Gasteiger partial charge < -0.3 is 10.5 Å². The first-order valence-corrected chi connectivity index (χ1v) is 7.62. The Bertz CT molecular complexity index is 575. The molecule has 1 saturated carbocycles. The zero-order valence-electron chi connectivity index (χ0n) is 12.4. The summed E-state index contributed by atoms with van der Waals surface area (Å²) in [5.41, 5.74) is 8.19. The Morgan fingerprint density at radius 2 is 2.00 bits per heavy atom. The Kier molecular flexibility index (Phi) is 4.03. The molecule has 1 aliphatic carbocycles. The first-order valence-electron chi connectivity index (χ1n) is 7.62. The maximum atomic E-state index is 6.58. The number of hydrogen-bond acceptors (Lipinski definition) is 4. The molecule has 0 radical (unpaired) electrons. The maximum Gasteiger partial charge on any atom is 0.0890 e. The predicted octanol–water partition coefficient (Wildman–Crippen LogP) is 2.62. The van der Waals surface area contributed by atoms with Crippen LogP contribution in [-0.4, -0.2) is 27.2 Å². The number of rotatable bonds is 5. The van der Waals surface area contributed by atoms with E-state index < -0.39 is 0 Å². The summed E-state index contributed by atoms with van der Waals surface area (Å²) in [6.07, 6.45) is 6.10. The molecule has 0 bridgehead atoms. The molecule has 0 amide bonds. The standard InChI is InChI=1S/C16H22N4O/c1-2-21-16(10-6-7-11-16)15(17)14-12-18-19-20(14)13-8-4-3-5-9-13/h3-5,8-9,12,15H,2,6-7,10-11,17H2,1H3. The van der Waals surface area contributed by atoms with Crippen molar-refractivity contribution in [2.45, 2.75) is 44.2 Å². The van der Waals surface area contributed by atoms with E-state index in [2.05, 4.69) is 10.3 Å². The Labute approximate surface area is 125 Å². The topological polar surface area (TPSA) is 66.0 Å². The van der Waals surface area contributed by atoms with Crippen LogP contribution in [0.1, 0.15) is 44.3 Å². The van der Waals surface area contributed by atoms with Crippen molar-refractivity contribution in [2.75, 3.05) is 6.61 Å². The molecule has 2 aromatic rings. The molecule has 21 heavy (non-hydrogen) atoms. The van der Waals surface area contributed by atoms with Crippen molar-refractivity contribution in [2.24, 2.45) is 5.73 Å². The number of benzene rings is 1. The summed E-state index contributed by atoms with van der Waals surface area (Å²) >= 11 is 0. The predicted molar refractivity (Wildman–Crippen MR) is 81.1 cm³/mol. The van der Waals surface area contributed by atoms with E-state index in [1.165, 1.54) is 12.8 Å². The average molecular weight is 286 g/mol. The van der Waals surface area contributed by atoms with Gasteiger partial charge in [0.2, 0.25) is 0 Å². The lowest BCUT2D eigenvalue weighted by molar-refractivity contribution is -0.0549. The van der Waals surface area contributed by atoms with E-state index in [0.29, 0.717) is 6.61 Å². The second-order valence-corrected chi connectivity index (χ2v) is 5.59. The van der Waals surface area contributed by atoms with E-state index in [4.69, 9.17) is 10.5 Å². The van der Waals surface area contributed by atoms with E-state index >= 15 is 0 Å². The van der Waals surface area contributed by atoms with Gasteiger partial charge in [0, 0.05) is 6.61 Å². The SMILES string of the molecule is CCOC1(C(N)c2cnnn2-c2ccccc2)CCCC1. The second-order valence-electron chi connectivity index (χ2n) is 5.59. The highest BCUT2D eigenvalue weighted by molar-refractivity contribution is 5.32. The minimum atomic E-state index is -0.275. The molecular formula is C16H22N4O. The molecule has 1 unspecified atom stereocenters. The Hall–Kier alpha value is -1.72. The number of ether oxygens (including phenoxy) is 1. The third kappa shape index (κ3) is 2.59. The van der Waals surface area contributed by atoms with Gasteiger partial charge in [-0.15, -0.1) is 5.10 Å². The molecule has 0 saturated heterocycles. The monoisotopic (exact) mass is 286 g/mol. The maximum absolute atomic E-state index is 6.58. The normalized spacial score (nSPS) is 18.8. The van der Waals surface area contributed by atoms with Gasteiger partial charge in [-0.3, -0.25) is 0 Å². The number of aromatic nitrogens is 3.